The molecule has 0 saturated carbocycles. The first-order valence-electron chi connectivity index (χ1n) is 5.71. The van der Waals surface area contributed by atoms with Crippen molar-refractivity contribution in [2.45, 2.75) is 0 Å². The van der Waals surface area contributed by atoms with Crippen LogP contribution >= 0.6 is 11.6 Å². The van der Waals surface area contributed by atoms with E-state index < -0.39 is 11.8 Å². The molecule has 0 saturated heterocycles. The van der Waals surface area contributed by atoms with Gasteiger partial charge in [0.25, 0.3) is 0 Å². The molecular formula is C12H7ClFN5O2. The highest BCUT2D eigenvalue weighted by molar-refractivity contribution is 6.34. The molecule has 0 atom stereocenters. The van der Waals surface area contributed by atoms with E-state index >= 15 is 0 Å². The Hall–Kier alpha value is -2.61. The summed E-state index contributed by atoms with van der Waals surface area (Å²) in [5.74, 6) is -1.07. The second kappa shape index (κ2) is 5.06. The van der Waals surface area contributed by atoms with Gasteiger partial charge in [-0.25, -0.2) is 19.2 Å². The molecule has 0 aromatic carbocycles. The van der Waals surface area contributed by atoms with Crippen molar-refractivity contribution in [2.75, 3.05) is 7.11 Å². The maximum Gasteiger partial charge on any atom is 0.360 e. The molecule has 7 nitrogen and oxygen atoms in total. The number of rotatable bonds is 2. The van der Waals surface area contributed by atoms with E-state index in [-0.39, 0.29) is 22.2 Å². The summed E-state index contributed by atoms with van der Waals surface area (Å²) in [5.41, 5.74) is 0.796. The number of methoxy groups -OCH3 is 1. The van der Waals surface area contributed by atoms with E-state index in [1.165, 1.54) is 19.4 Å². The quantitative estimate of drug-likeness (QED) is 0.575. The second-order valence-electron chi connectivity index (χ2n) is 4.02. The first-order valence-corrected chi connectivity index (χ1v) is 6.09. The highest BCUT2D eigenvalue weighted by Crippen LogP contribution is 2.25. The number of ether oxygens (including phenoxy) is 1. The van der Waals surface area contributed by atoms with Gasteiger partial charge in [-0.1, -0.05) is 11.6 Å². The van der Waals surface area contributed by atoms with Crippen molar-refractivity contribution in [3.63, 3.8) is 0 Å². The van der Waals surface area contributed by atoms with Crippen LogP contribution in [0.15, 0.2) is 18.5 Å². The average Bonchev–Trinajstić information content (AvgIpc) is 2.91. The summed E-state index contributed by atoms with van der Waals surface area (Å²) >= 11 is 6.02. The summed E-state index contributed by atoms with van der Waals surface area (Å²) in [6.07, 6.45) is 2.44. The van der Waals surface area contributed by atoms with E-state index in [4.69, 9.17) is 11.6 Å². The van der Waals surface area contributed by atoms with Crippen molar-refractivity contribution in [2.24, 2.45) is 0 Å². The van der Waals surface area contributed by atoms with Crippen molar-refractivity contribution in [1.82, 2.24) is 25.1 Å². The van der Waals surface area contributed by atoms with Gasteiger partial charge in [0.1, 0.15) is 16.9 Å². The zero-order chi connectivity index (χ0) is 15.0. The molecule has 0 radical (unpaired) electrons. The molecule has 3 heterocycles. The standard InChI is InChI=1S/C12H7ClFN5O2/c1-21-12(20)9-7-8(18-19-9)10(13)17-11(16-7)5-2-6(14)4-15-3-5/h2-4H,1H3,(H,18,19). The Morgan fingerprint density at radius 1 is 1.38 bits per heavy atom. The fraction of sp³-hybridized carbons (Fsp3) is 0.0833. The number of H-pyrrole nitrogens is 1. The van der Waals surface area contributed by atoms with Crippen molar-refractivity contribution in [3.8, 4) is 11.4 Å². The topological polar surface area (TPSA) is 93.7 Å². The number of carbonyl (C=O) groups excluding carboxylic acids is 1. The summed E-state index contributed by atoms with van der Waals surface area (Å²) < 4.78 is 17.8. The molecule has 1 N–H and O–H groups in total. The Labute approximate surface area is 122 Å². The molecule has 0 fully saturated rings. The summed E-state index contributed by atoms with van der Waals surface area (Å²) in [7, 11) is 1.23. The van der Waals surface area contributed by atoms with Gasteiger partial charge in [0.2, 0.25) is 0 Å². The number of aromatic nitrogens is 5. The second-order valence-corrected chi connectivity index (χ2v) is 4.38. The minimum atomic E-state index is -0.667. The molecule has 0 aliphatic rings. The summed E-state index contributed by atoms with van der Waals surface area (Å²) in [6, 6.07) is 1.21. The minimum Gasteiger partial charge on any atom is -0.464 e. The number of nitrogens with one attached hydrogen (secondary N) is 1. The largest absolute Gasteiger partial charge is 0.464 e. The Morgan fingerprint density at radius 3 is 2.90 bits per heavy atom. The molecule has 106 valence electrons. The molecule has 3 rings (SSSR count). The number of esters is 1. The third-order valence-electron chi connectivity index (χ3n) is 2.71. The number of nitrogens with zero attached hydrogens (tertiary/aromatic N) is 4. The average molecular weight is 308 g/mol. The van der Waals surface area contributed by atoms with Crippen LogP contribution in [-0.2, 0) is 4.74 Å². The third kappa shape index (κ3) is 2.29. The number of halogens is 2. The van der Waals surface area contributed by atoms with E-state index in [0.717, 1.165) is 6.20 Å². The number of hydrogen-bond donors (Lipinski definition) is 1. The fourth-order valence-corrected chi connectivity index (χ4v) is 1.98. The van der Waals surface area contributed by atoms with Gasteiger partial charge in [-0.15, -0.1) is 0 Å². The molecule has 0 bridgehead atoms. The van der Waals surface area contributed by atoms with Crippen molar-refractivity contribution < 1.29 is 13.9 Å². The number of aromatic amines is 1. The predicted molar refractivity (Wildman–Crippen MR) is 71.2 cm³/mol. The molecule has 0 spiro atoms. The Kier molecular flexibility index (Phi) is 3.22. The molecule has 0 aliphatic heterocycles. The van der Waals surface area contributed by atoms with Crippen LogP contribution in [0.3, 0.4) is 0 Å². The van der Waals surface area contributed by atoms with Gasteiger partial charge < -0.3 is 4.74 Å². The first-order chi connectivity index (χ1) is 10.1. The van der Waals surface area contributed by atoms with Gasteiger partial charge >= 0.3 is 5.97 Å². The molecule has 3 aromatic heterocycles. The summed E-state index contributed by atoms with van der Waals surface area (Å²) in [6.45, 7) is 0. The molecule has 0 unspecified atom stereocenters. The molecule has 9 heteroatoms. The van der Waals surface area contributed by atoms with E-state index in [1.54, 1.807) is 0 Å². The monoisotopic (exact) mass is 307 g/mol. The van der Waals surface area contributed by atoms with Crippen LogP contribution in [0.25, 0.3) is 22.4 Å². The van der Waals surface area contributed by atoms with E-state index in [0.29, 0.717) is 11.1 Å². The fourth-order valence-electron chi connectivity index (χ4n) is 1.77. The van der Waals surface area contributed by atoms with Crippen molar-refractivity contribution >= 4 is 28.6 Å². The lowest BCUT2D eigenvalue weighted by atomic mass is 10.2. The number of fused-ring (bicyclic) bond motifs is 1. The van der Waals surface area contributed by atoms with Gasteiger partial charge in [0, 0.05) is 11.8 Å². The van der Waals surface area contributed by atoms with Gasteiger partial charge in [0.05, 0.1) is 13.3 Å². The number of carbonyl (C=O) groups is 1. The minimum absolute atomic E-state index is 0.0255. The molecule has 3 aromatic rings. The van der Waals surface area contributed by atoms with Gasteiger partial charge in [0.15, 0.2) is 16.7 Å². The predicted octanol–water partition coefficient (Wildman–Crippen LogP) is 1.99. The molecular weight excluding hydrogens is 301 g/mol. The molecule has 21 heavy (non-hydrogen) atoms. The van der Waals surface area contributed by atoms with E-state index in [9.17, 15) is 9.18 Å². The maximum absolute atomic E-state index is 13.2. The van der Waals surface area contributed by atoms with Crippen LogP contribution in [0.5, 0.6) is 0 Å². The van der Waals surface area contributed by atoms with Crippen LogP contribution in [-0.4, -0.2) is 38.2 Å². The maximum atomic E-state index is 13.2. The molecule has 0 aliphatic carbocycles. The Morgan fingerprint density at radius 2 is 2.19 bits per heavy atom. The van der Waals surface area contributed by atoms with Crippen LogP contribution in [0.4, 0.5) is 4.39 Å². The summed E-state index contributed by atoms with van der Waals surface area (Å²) in [4.78, 5) is 23.6. The van der Waals surface area contributed by atoms with E-state index in [1.807, 2.05) is 0 Å². The zero-order valence-electron chi connectivity index (χ0n) is 10.6. The normalized spacial score (nSPS) is 10.8. The highest BCUT2D eigenvalue weighted by Gasteiger charge is 2.20. The summed E-state index contributed by atoms with van der Waals surface area (Å²) in [5, 5.41) is 6.42. The van der Waals surface area contributed by atoms with Crippen LogP contribution in [0.2, 0.25) is 5.15 Å². The molecule has 0 amide bonds. The van der Waals surface area contributed by atoms with Crippen LogP contribution in [0.1, 0.15) is 10.5 Å². The zero-order valence-corrected chi connectivity index (χ0v) is 11.3. The number of pyridine rings is 1. The lowest BCUT2D eigenvalue weighted by Crippen LogP contribution is -2.03. The smallest absolute Gasteiger partial charge is 0.360 e. The lowest BCUT2D eigenvalue weighted by Gasteiger charge is -2.02. The van der Waals surface area contributed by atoms with Crippen molar-refractivity contribution in [3.05, 3.63) is 35.1 Å². The van der Waals surface area contributed by atoms with Gasteiger partial charge in [-0.05, 0) is 6.07 Å². The van der Waals surface area contributed by atoms with Crippen molar-refractivity contribution in [1.29, 1.82) is 0 Å². The van der Waals surface area contributed by atoms with Crippen LogP contribution < -0.4 is 0 Å². The SMILES string of the molecule is COC(=O)c1n[nH]c2c(Cl)nc(-c3cncc(F)c3)nc12. The van der Waals surface area contributed by atoms with Gasteiger partial charge in [-0.2, -0.15) is 5.10 Å². The Balaban J connectivity index is 2.24. The van der Waals surface area contributed by atoms with E-state index in [2.05, 4.69) is 29.9 Å². The Bertz CT molecular complexity index is 851. The number of hydrogen-bond acceptors (Lipinski definition) is 6. The lowest BCUT2D eigenvalue weighted by molar-refractivity contribution is 0.0596. The van der Waals surface area contributed by atoms with Crippen LogP contribution in [0, 0.1) is 5.82 Å². The first kappa shape index (κ1) is 13.4. The third-order valence-corrected chi connectivity index (χ3v) is 2.98. The van der Waals surface area contributed by atoms with Gasteiger partial charge in [-0.3, -0.25) is 10.1 Å². The highest BCUT2D eigenvalue weighted by atomic mass is 35.5.